The molecule has 0 aliphatic carbocycles. The van der Waals surface area contributed by atoms with Gasteiger partial charge in [-0.1, -0.05) is 44.2 Å². The Bertz CT molecular complexity index is 870. The minimum Gasteiger partial charge on any atom is -0.467 e. The van der Waals surface area contributed by atoms with Crippen molar-refractivity contribution < 1.29 is 28.6 Å². The number of ether oxygens (including phenoxy) is 3. The van der Waals surface area contributed by atoms with Gasteiger partial charge in [0.25, 0.3) is 0 Å². The highest BCUT2D eigenvalue weighted by Crippen LogP contribution is 2.21. The first-order chi connectivity index (χ1) is 17.4. The van der Waals surface area contributed by atoms with E-state index in [1.54, 1.807) is 32.7 Å². The topological polar surface area (TPSA) is 88.6 Å². The van der Waals surface area contributed by atoms with Crippen molar-refractivity contribution >= 4 is 18.0 Å². The van der Waals surface area contributed by atoms with Crippen molar-refractivity contribution in [3.63, 3.8) is 0 Å². The molecule has 1 fully saturated rings. The van der Waals surface area contributed by atoms with Crippen LogP contribution < -0.4 is 0 Å². The van der Waals surface area contributed by atoms with E-state index in [2.05, 4.69) is 4.90 Å². The van der Waals surface area contributed by atoms with Crippen LogP contribution >= 0.6 is 0 Å². The second-order valence-electron chi connectivity index (χ2n) is 11.0. The number of nitrogens with zero attached hydrogens (tertiary/aromatic N) is 3. The number of hydrogen-bond acceptors (Lipinski definition) is 7. The Hall–Kier alpha value is -2.65. The summed E-state index contributed by atoms with van der Waals surface area (Å²) in [7, 11) is 2.91. The summed E-state index contributed by atoms with van der Waals surface area (Å²) in [6.07, 6.45) is 0.711. The molecular weight excluding hydrogens is 474 g/mol. The summed E-state index contributed by atoms with van der Waals surface area (Å²) in [5.74, 6) is -0.558. The Labute approximate surface area is 222 Å². The molecule has 2 amide bonds. The molecule has 208 valence electrons. The van der Waals surface area contributed by atoms with Gasteiger partial charge in [0.15, 0.2) is 0 Å². The normalized spacial score (nSPS) is 17.4. The SMILES string of the molecule is COC(=O)[C@H]1CN(CCCOCc2ccccc2)CCN1C(=O)C(CC(C)C)N(C)C(=O)OC(C)(C)C. The van der Waals surface area contributed by atoms with E-state index in [1.165, 1.54) is 12.0 Å². The standard InChI is InChI=1S/C28H45N3O6/c1-21(2)18-23(29(6)27(34)37-28(3,4)5)25(32)31-16-15-30(19-24(31)26(33)35-7)14-11-17-36-20-22-12-9-8-10-13-22/h8-10,12-13,21,23-24H,11,14-20H2,1-7H3/t23?,24-/m1/s1. The highest BCUT2D eigenvalue weighted by Gasteiger charge is 2.41. The van der Waals surface area contributed by atoms with Crippen LogP contribution in [0.1, 0.15) is 53.0 Å². The van der Waals surface area contributed by atoms with E-state index in [4.69, 9.17) is 14.2 Å². The molecule has 1 aliphatic heterocycles. The number of amides is 2. The van der Waals surface area contributed by atoms with Gasteiger partial charge >= 0.3 is 12.1 Å². The summed E-state index contributed by atoms with van der Waals surface area (Å²) in [6.45, 7) is 12.7. The van der Waals surface area contributed by atoms with Gasteiger partial charge in [-0.15, -0.1) is 0 Å². The molecule has 1 heterocycles. The van der Waals surface area contributed by atoms with E-state index in [1.807, 2.05) is 44.2 Å². The maximum absolute atomic E-state index is 13.7. The third-order valence-corrected chi connectivity index (χ3v) is 6.22. The van der Waals surface area contributed by atoms with Crippen molar-refractivity contribution in [1.82, 2.24) is 14.7 Å². The summed E-state index contributed by atoms with van der Waals surface area (Å²) >= 11 is 0. The van der Waals surface area contributed by atoms with Crippen LogP contribution in [0.4, 0.5) is 4.79 Å². The molecule has 9 nitrogen and oxygen atoms in total. The lowest BCUT2D eigenvalue weighted by Crippen LogP contribution is -2.62. The number of rotatable bonds is 11. The average Bonchev–Trinajstić information content (AvgIpc) is 2.85. The summed E-state index contributed by atoms with van der Waals surface area (Å²) in [5.41, 5.74) is 0.453. The Morgan fingerprint density at radius 2 is 1.78 bits per heavy atom. The average molecular weight is 520 g/mol. The molecule has 37 heavy (non-hydrogen) atoms. The Morgan fingerprint density at radius 1 is 1.11 bits per heavy atom. The molecule has 1 aliphatic rings. The summed E-state index contributed by atoms with van der Waals surface area (Å²) in [4.78, 5) is 44.3. The van der Waals surface area contributed by atoms with Crippen LogP contribution in [0.2, 0.25) is 0 Å². The fourth-order valence-corrected chi connectivity index (χ4v) is 4.32. The second-order valence-corrected chi connectivity index (χ2v) is 11.0. The quantitative estimate of drug-likeness (QED) is 0.326. The van der Waals surface area contributed by atoms with Crippen LogP contribution in [-0.4, -0.2) is 97.3 Å². The third kappa shape index (κ3) is 9.97. The van der Waals surface area contributed by atoms with Crippen molar-refractivity contribution in [2.75, 3.05) is 46.9 Å². The monoisotopic (exact) mass is 519 g/mol. The maximum Gasteiger partial charge on any atom is 0.410 e. The van der Waals surface area contributed by atoms with Gasteiger partial charge in [-0.2, -0.15) is 0 Å². The third-order valence-electron chi connectivity index (χ3n) is 6.22. The van der Waals surface area contributed by atoms with Crippen molar-refractivity contribution in [2.24, 2.45) is 5.92 Å². The Morgan fingerprint density at radius 3 is 2.38 bits per heavy atom. The predicted molar refractivity (Wildman–Crippen MR) is 142 cm³/mol. The van der Waals surface area contributed by atoms with Gasteiger partial charge in [-0.25, -0.2) is 9.59 Å². The molecule has 0 spiro atoms. The number of hydrogen-bond donors (Lipinski definition) is 0. The molecule has 1 aromatic rings. The first-order valence-corrected chi connectivity index (χ1v) is 13.1. The van der Waals surface area contributed by atoms with Gasteiger partial charge in [0.1, 0.15) is 17.7 Å². The molecule has 0 aromatic heterocycles. The zero-order valence-electron chi connectivity index (χ0n) is 23.6. The van der Waals surface area contributed by atoms with Crippen LogP contribution in [0.15, 0.2) is 30.3 Å². The molecule has 2 rings (SSSR count). The number of carbonyl (C=O) groups is 3. The van der Waals surface area contributed by atoms with E-state index in [-0.39, 0.29) is 11.8 Å². The lowest BCUT2D eigenvalue weighted by atomic mass is 10.00. The van der Waals surface area contributed by atoms with Gasteiger partial charge in [0.2, 0.25) is 5.91 Å². The predicted octanol–water partition coefficient (Wildman–Crippen LogP) is 3.56. The van der Waals surface area contributed by atoms with Crippen LogP contribution in [-0.2, 0) is 30.4 Å². The number of piperazine rings is 1. The molecule has 1 aromatic carbocycles. The molecule has 0 N–H and O–H groups in total. The Balaban J connectivity index is 2.01. The van der Waals surface area contributed by atoms with Gasteiger partial charge in [0.05, 0.1) is 13.7 Å². The summed E-state index contributed by atoms with van der Waals surface area (Å²) in [5, 5.41) is 0. The van der Waals surface area contributed by atoms with Gasteiger partial charge in [0, 0.05) is 39.8 Å². The molecule has 1 saturated heterocycles. The maximum atomic E-state index is 13.7. The van der Waals surface area contributed by atoms with Gasteiger partial charge < -0.3 is 19.1 Å². The van der Waals surface area contributed by atoms with E-state index in [0.717, 1.165) is 18.5 Å². The van der Waals surface area contributed by atoms with Crippen LogP contribution in [0.3, 0.4) is 0 Å². The van der Waals surface area contributed by atoms with E-state index in [0.29, 0.717) is 39.3 Å². The largest absolute Gasteiger partial charge is 0.467 e. The summed E-state index contributed by atoms with van der Waals surface area (Å²) < 4.78 is 16.3. The van der Waals surface area contributed by atoms with Crippen LogP contribution in [0.5, 0.6) is 0 Å². The molecule has 0 radical (unpaired) electrons. The minimum absolute atomic E-state index is 0.160. The van der Waals surface area contributed by atoms with Crippen molar-refractivity contribution in [3.8, 4) is 0 Å². The van der Waals surface area contributed by atoms with Crippen LogP contribution in [0.25, 0.3) is 0 Å². The van der Waals surface area contributed by atoms with Crippen LogP contribution in [0, 0.1) is 5.92 Å². The first-order valence-electron chi connectivity index (χ1n) is 13.1. The van der Waals surface area contributed by atoms with E-state index in [9.17, 15) is 14.4 Å². The van der Waals surface area contributed by atoms with E-state index < -0.39 is 29.7 Å². The highest BCUT2D eigenvalue weighted by molar-refractivity contribution is 5.90. The zero-order chi connectivity index (χ0) is 27.6. The lowest BCUT2D eigenvalue weighted by molar-refractivity contribution is -0.158. The second kappa shape index (κ2) is 14.3. The zero-order valence-corrected chi connectivity index (χ0v) is 23.6. The highest BCUT2D eigenvalue weighted by atomic mass is 16.6. The van der Waals surface area contributed by atoms with Gasteiger partial charge in [-0.3, -0.25) is 14.6 Å². The smallest absolute Gasteiger partial charge is 0.410 e. The molecule has 0 saturated carbocycles. The molecule has 0 bridgehead atoms. The van der Waals surface area contributed by atoms with Crippen molar-refractivity contribution in [1.29, 1.82) is 0 Å². The molecule has 2 atom stereocenters. The molecule has 1 unspecified atom stereocenters. The summed E-state index contributed by atoms with van der Waals surface area (Å²) in [6, 6.07) is 8.55. The fraction of sp³-hybridized carbons (Fsp3) is 0.679. The molecular formula is C28H45N3O6. The number of esters is 1. The number of carbonyl (C=O) groups excluding carboxylic acids is 3. The first kappa shape index (κ1) is 30.6. The van der Waals surface area contributed by atoms with Crippen molar-refractivity contribution in [3.05, 3.63) is 35.9 Å². The Kier molecular flexibility index (Phi) is 11.8. The van der Waals surface area contributed by atoms with Gasteiger partial charge in [-0.05, 0) is 45.1 Å². The van der Waals surface area contributed by atoms with Crippen molar-refractivity contribution in [2.45, 2.75) is 71.8 Å². The minimum atomic E-state index is -0.738. The number of benzene rings is 1. The number of likely N-dealkylation sites (N-methyl/N-ethyl adjacent to an activating group) is 1. The fourth-order valence-electron chi connectivity index (χ4n) is 4.32. The number of methoxy groups -OCH3 is 1. The van der Waals surface area contributed by atoms with E-state index >= 15 is 0 Å². The molecule has 9 heteroatoms. The lowest BCUT2D eigenvalue weighted by Gasteiger charge is -2.42.